The minimum atomic E-state index is -0.389. The first kappa shape index (κ1) is 12.1. The Bertz CT molecular complexity index is 362. The normalized spacial score (nSPS) is 28.5. The molecule has 4 nitrogen and oxygen atoms in total. The highest BCUT2D eigenvalue weighted by molar-refractivity contribution is 5.89. The predicted molar refractivity (Wildman–Crippen MR) is 63.2 cm³/mol. The second-order valence-corrected chi connectivity index (χ2v) is 4.88. The van der Waals surface area contributed by atoms with Crippen molar-refractivity contribution in [3.05, 3.63) is 11.6 Å². The van der Waals surface area contributed by atoms with E-state index in [0.717, 1.165) is 19.3 Å². The van der Waals surface area contributed by atoms with Crippen LogP contribution in [0.1, 0.15) is 32.1 Å². The lowest BCUT2D eigenvalue weighted by atomic mass is 9.96. The summed E-state index contributed by atoms with van der Waals surface area (Å²) in [5, 5.41) is 0. The van der Waals surface area contributed by atoms with Gasteiger partial charge in [-0.1, -0.05) is 11.6 Å². The Balaban J connectivity index is 2.00. The quantitative estimate of drug-likeness (QED) is 0.552. The second kappa shape index (κ2) is 4.90. The second-order valence-electron chi connectivity index (χ2n) is 4.88. The molecular formula is C13H19NO3. The van der Waals surface area contributed by atoms with Crippen molar-refractivity contribution in [2.24, 2.45) is 5.92 Å². The maximum absolute atomic E-state index is 12.0. The van der Waals surface area contributed by atoms with Crippen molar-refractivity contribution >= 4 is 11.9 Å². The number of carbonyl (C=O) groups excluding carboxylic acids is 2. The van der Waals surface area contributed by atoms with Crippen molar-refractivity contribution in [2.45, 2.75) is 38.1 Å². The molecular weight excluding hydrogens is 218 g/mol. The maximum Gasteiger partial charge on any atom is 0.328 e. The van der Waals surface area contributed by atoms with Gasteiger partial charge in [0.05, 0.1) is 7.11 Å². The molecule has 0 radical (unpaired) electrons. The number of amides is 1. The maximum atomic E-state index is 12.0. The van der Waals surface area contributed by atoms with Crippen molar-refractivity contribution in [2.75, 3.05) is 14.2 Å². The van der Waals surface area contributed by atoms with Crippen LogP contribution in [0.3, 0.4) is 0 Å². The molecule has 1 aliphatic carbocycles. The van der Waals surface area contributed by atoms with Crippen LogP contribution < -0.4 is 0 Å². The van der Waals surface area contributed by atoms with Gasteiger partial charge in [0.15, 0.2) is 0 Å². The van der Waals surface area contributed by atoms with E-state index < -0.39 is 0 Å². The average Bonchev–Trinajstić information content (AvgIpc) is 2.92. The van der Waals surface area contributed by atoms with Crippen LogP contribution in [0.15, 0.2) is 11.6 Å². The number of hydrogen-bond donors (Lipinski definition) is 0. The molecule has 1 aliphatic heterocycles. The van der Waals surface area contributed by atoms with Crippen molar-refractivity contribution in [1.29, 1.82) is 0 Å². The number of allylic oxidation sites excluding steroid dienone is 2. The van der Waals surface area contributed by atoms with Crippen LogP contribution in [0.25, 0.3) is 0 Å². The average molecular weight is 237 g/mol. The van der Waals surface area contributed by atoms with Gasteiger partial charge in [-0.15, -0.1) is 0 Å². The lowest BCUT2D eigenvalue weighted by Gasteiger charge is -2.16. The summed E-state index contributed by atoms with van der Waals surface area (Å²) in [7, 11) is 3.06. The third-order valence-electron chi connectivity index (χ3n) is 3.79. The molecule has 0 aromatic rings. The van der Waals surface area contributed by atoms with Crippen molar-refractivity contribution in [3.8, 4) is 0 Å². The fraction of sp³-hybridized carbons (Fsp3) is 0.692. The van der Waals surface area contributed by atoms with E-state index in [1.807, 2.05) is 0 Å². The van der Waals surface area contributed by atoms with E-state index in [9.17, 15) is 9.59 Å². The zero-order valence-electron chi connectivity index (χ0n) is 10.4. The molecule has 0 aromatic heterocycles. The van der Waals surface area contributed by atoms with Crippen molar-refractivity contribution < 1.29 is 14.3 Å². The predicted octanol–water partition coefficient (Wildman–Crippen LogP) is 1.51. The van der Waals surface area contributed by atoms with E-state index in [1.165, 1.54) is 24.0 Å². The highest BCUT2D eigenvalue weighted by Crippen LogP contribution is 2.32. The van der Waals surface area contributed by atoms with Crippen LogP contribution in [-0.2, 0) is 14.3 Å². The Labute approximate surface area is 102 Å². The lowest BCUT2D eigenvalue weighted by molar-refractivity contribution is -0.148. The Hall–Kier alpha value is -1.32. The molecule has 2 rings (SSSR count). The number of ether oxygens (including phenoxy) is 1. The van der Waals surface area contributed by atoms with Crippen LogP contribution in [0.4, 0.5) is 0 Å². The number of likely N-dealkylation sites (tertiary alicyclic amines) is 1. The fourth-order valence-electron chi connectivity index (χ4n) is 2.77. The highest BCUT2D eigenvalue weighted by atomic mass is 16.5. The summed E-state index contributed by atoms with van der Waals surface area (Å²) < 4.78 is 4.72. The molecule has 1 amide bonds. The Kier molecular flexibility index (Phi) is 3.50. The molecule has 94 valence electrons. The Morgan fingerprint density at radius 2 is 2.35 bits per heavy atom. The largest absolute Gasteiger partial charge is 0.467 e. The van der Waals surface area contributed by atoms with Gasteiger partial charge in [0.2, 0.25) is 5.91 Å². The van der Waals surface area contributed by atoms with Crippen molar-refractivity contribution in [3.63, 3.8) is 0 Å². The van der Waals surface area contributed by atoms with Gasteiger partial charge in [0.25, 0.3) is 0 Å². The van der Waals surface area contributed by atoms with Crippen LogP contribution in [0, 0.1) is 5.92 Å². The molecule has 1 heterocycles. The molecule has 0 spiro atoms. The number of nitrogens with zero attached hydrogens (tertiary/aromatic N) is 1. The molecule has 4 heteroatoms. The molecule has 17 heavy (non-hydrogen) atoms. The van der Waals surface area contributed by atoms with Gasteiger partial charge in [-0.2, -0.15) is 0 Å². The molecule has 1 saturated heterocycles. The van der Waals surface area contributed by atoms with Gasteiger partial charge < -0.3 is 9.64 Å². The zero-order chi connectivity index (χ0) is 12.4. The fourth-order valence-corrected chi connectivity index (χ4v) is 2.77. The zero-order valence-corrected chi connectivity index (χ0v) is 10.4. The summed E-state index contributed by atoms with van der Waals surface area (Å²) in [6.07, 6.45) is 7.09. The van der Waals surface area contributed by atoms with Crippen LogP contribution >= 0.6 is 0 Å². The summed E-state index contributed by atoms with van der Waals surface area (Å²) in [5.74, 6) is -0.259. The molecule has 0 bridgehead atoms. The SMILES string of the molecule is COC(=O)[C@@H]1CC(CC2=CCCC2)C(=O)N1C. The van der Waals surface area contributed by atoms with E-state index in [2.05, 4.69) is 6.08 Å². The van der Waals surface area contributed by atoms with Crippen molar-refractivity contribution in [1.82, 2.24) is 4.90 Å². The van der Waals surface area contributed by atoms with E-state index in [4.69, 9.17) is 4.74 Å². The van der Waals surface area contributed by atoms with Gasteiger partial charge >= 0.3 is 5.97 Å². The number of likely N-dealkylation sites (N-methyl/N-ethyl adjacent to an activating group) is 1. The number of methoxy groups -OCH3 is 1. The molecule has 0 aromatic carbocycles. The summed E-state index contributed by atoms with van der Waals surface area (Å²) >= 11 is 0. The van der Waals surface area contributed by atoms with Crippen LogP contribution in [-0.4, -0.2) is 37.0 Å². The molecule has 0 N–H and O–H groups in total. The molecule has 1 fully saturated rings. The van der Waals surface area contributed by atoms with Gasteiger partial charge in [-0.25, -0.2) is 4.79 Å². The first-order chi connectivity index (χ1) is 8.13. The van der Waals surface area contributed by atoms with Gasteiger partial charge in [-0.05, 0) is 32.1 Å². The monoisotopic (exact) mass is 237 g/mol. The summed E-state index contributed by atoms with van der Waals surface area (Å²) in [5.41, 5.74) is 1.38. The van der Waals surface area contributed by atoms with Gasteiger partial charge in [0.1, 0.15) is 6.04 Å². The Morgan fingerprint density at radius 1 is 1.59 bits per heavy atom. The van der Waals surface area contributed by atoms with E-state index in [1.54, 1.807) is 7.05 Å². The highest BCUT2D eigenvalue weighted by Gasteiger charge is 2.41. The number of hydrogen-bond acceptors (Lipinski definition) is 3. The van der Waals surface area contributed by atoms with Crippen LogP contribution in [0.2, 0.25) is 0 Å². The van der Waals surface area contributed by atoms with Crippen LogP contribution in [0.5, 0.6) is 0 Å². The number of carbonyl (C=O) groups is 2. The minimum absolute atomic E-state index is 0.0338. The van der Waals surface area contributed by atoms with Gasteiger partial charge in [0, 0.05) is 13.0 Å². The number of esters is 1. The molecule has 0 saturated carbocycles. The topological polar surface area (TPSA) is 46.6 Å². The number of rotatable bonds is 3. The van der Waals surface area contributed by atoms with Gasteiger partial charge in [-0.3, -0.25) is 4.79 Å². The first-order valence-electron chi connectivity index (χ1n) is 6.16. The summed E-state index contributed by atoms with van der Waals surface area (Å²) in [4.78, 5) is 25.1. The third-order valence-corrected chi connectivity index (χ3v) is 3.79. The molecule has 2 aliphatic rings. The molecule has 2 atom stereocenters. The van der Waals surface area contributed by atoms with E-state index >= 15 is 0 Å². The smallest absolute Gasteiger partial charge is 0.328 e. The summed E-state index contributed by atoms with van der Waals surface area (Å²) in [6, 6.07) is -0.389. The lowest BCUT2D eigenvalue weighted by Crippen LogP contribution is -2.36. The standard InChI is InChI=1S/C13H19NO3/c1-14-11(13(16)17-2)8-10(12(14)15)7-9-5-3-4-6-9/h5,10-11H,3-4,6-8H2,1-2H3/t10?,11-/m0/s1. The molecule has 1 unspecified atom stereocenters. The first-order valence-corrected chi connectivity index (χ1v) is 6.16. The minimum Gasteiger partial charge on any atom is -0.467 e. The Morgan fingerprint density at radius 3 is 2.94 bits per heavy atom. The van der Waals surface area contributed by atoms with E-state index in [0.29, 0.717) is 6.42 Å². The van der Waals surface area contributed by atoms with E-state index in [-0.39, 0.29) is 23.8 Å². The third kappa shape index (κ3) is 2.35. The summed E-state index contributed by atoms with van der Waals surface area (Å²) in [6.45, 7) is 0.